The van der Waals surface area contributed by atoms with Gasteiger partial charge in [-0.2, -0.15) is 0 Å². The molecule has 0 unspecified atom stereocenters. The van der Waals surface area contributed by atoms with Crippen LogP contribution in [0.25, 0.3) is 11.0 Å². The van der Waals surface area contributed by atoms with E-state index >= 15 is 0 Å². The smallest absolute Gasteiger partial charge is 0.256 e. The number of fused-ring (bicyclic) bond motifs is 1. The molecule has 6 nitrogen and oxygen atoms in total. The summed E-state index contributed by atoms with van der Waals surface area (Å²) in [4.78, 5) is 28.2. The van der Waals surface area contributed by atoms with E-state index in [-0.39, 0.29) is 5.56 Å². The van der Waals surface area contributed by atoms with Crippen LogP contribution < -0.4 is 10.5 Å². The Morgan fingerprint density at radius 1 is 1.08 bits per heavy atom. The maximum atomic E-state index is 12.2. The molecule has 0 atom stereocenters. The minimum atomic E-state index is 0.0682. The van der Waals surface area contributed by atoms with E-state index in [0.717, 1.165) is 55.0 Å². The first kappa shape index (κ1) is 16.7. The number of piperidine rings is 1. The Morgan fingerprint density at radius 2 is 1.77 bits per heavy atom. The number of rotatable bonds is 3. The number of anilines is 1. The zero-order chi connectivity index (χ0) is 18.1. The Kier molecular flexibility index (Phi) is 4.41. The summed E-state index contributed by atoms with van der Waals surface area (Å²) >= 11 is 0. The van der Waals surface area contributed by atoms with Gasteiger partial charge in [-0.25, -0.2) is 15.0 Å². The first-order chi connectivity index (χ1) is 12.6. The van der Waals surface area contributed by atoms with Crippen molar-refractivity contribution in [1.82, 2.24) is 19.5 Å². The van der Waals surface area contributed by atoms with E-state index in [9.17, 15) is 4.79 Å². The number of benzene rings is 1. The van der Waals surface area contributed by atoms with Crippen LogP contribution in [0.1, 0.15) is 24.1 Å². The predicted molar refractivity (Wildman–Crippen MR) is 102 cm³/mol. The molecular weight excluding hydrogens is 326 g/mol. The molecule has 2 aromatic heterocycles. The summed E-state index contributed by atoms with van der Waals surface area (Å²) in [5.74, 6) is 1.47. The fourth-order valence-electron chi connectivity index (χ4n) is 3.67. The molecule has 3 aromatic rings. The Morgan fingerprint density at radius 3 is 2.50 bits per heavy atom. The normalized spacial score (nSPS) is 15.5. The summed E-state index contributed by atoms with van der Waals surface area (Å²) < 4.78 is 1.75. The molecule has 134 valence electrons. The van der Waals surface area contributed by atoms with Crippen molar-refractivity contribution in [2.45, 2.75) is 33.2 Å². The molecule has 26 heavy (non-hydrogen) atoms. The molecule has 0 saturated carbocycles. The summed E-state index contributed by atoms with van der Waals surface area (Å²) in [5, 5.41) is 0. The molecule has 0 aliphatic carbocycles. The van der Waals surface area contributed by atoms with E-state index in [0.29, 0.717) is 11.5 Å². The number of para-hydroxylation sites is 2. The van der Waals surface area contributed by atoms with Crippen molar-refractivity contribution in [3.63, 3.8) is 0 Å². The molecule has 1 aliphatic rings. The SMILES string of the molecule is Cc1nc2ccccc2nc1N1CCC(Cn2cncc(C)c2=O)CC1. The standard InChI is InChI=1S/C20H23N5O/c1-14-11-21-13-25(20(14)26)12-16-7-9-24(10-8-16)19-15(2)22-17-5-3-4-6-18(17)23-19/h3-6,11,13,16H,7-10,12H2,1-2H3. The Balaban J connectivity index is 1.47. The van der Waals surface area contributed by atoms with E-state index in [1.165, 1.54) is 0 Å². The lowest BCUT2D eigenvalue weighted by Crippen LogP contribution is -2.37. The first-order valence-electron chi connectivity index (χ1n) is 9.11. The lowest BCUT2D eigenvalue weighted by Gasteiger charge is -2.33. The van der Waals surface area contributed by atoms with Crippen molar-refractivity contribution in [2.75, 3.05) is 18.0 Å². The molecule has 4 rings (SSSR count). The molecule has 1 fully saturated rings. The molecule has 1 aromatic carbocycles. The van der Waals surface area contributed by atoms with Gasteiger partial charge in [0.05, 0.1) is 23.1 Å². The van der Waals surface area contributed by atoms with Crippen LogP contribution in [0, 0.1) is 19.8 Å². The molecule has 0 N–H and O–H groups in total. The van der Waals surface area contributed by atoms with Crippen molar-refractivity contribution >= 4 is 16.9 Å². The maximum absolute atomic E-state index is 12.2. The fraction of sp³-hybridized carbons (Fsp3) is 0.400. The molecular formula is C20H23N5O. The third-order valence-electron chi connectivity index (χ3n) is 5.16. The molecule has 6 heteroatoms. The van der Waals surface area contributed by atoms with Gasteiger partial charge in [0.2, 0.25) is 0 Å². The number of aryl methyl sites for hydroxylation is 2. The second-order valence-corrected chi connectivity index (χ2v) is 7.09. The average molecular weight is 349 g/mol. The van der Waals surface area contributed by atoms with Crippen LogP contribution in [0.15, 0.2) is 41.6 Å². The van der Waals surface area contributed by atoms with E-state index in [1.807, 2.05) is 38.1 Å². The van der Waals surface area contributed by atoms with E-state index in [2.05, 4.69) is 9.88 Å². The van der Waals surface area contributed by atoms with Crippen LogP contribution >= 0.6 is 0 Å². The topological polar surface area (TPSA) is 63.9 Å². The maximum Gasteiger partial charge on any atom is 0.256 e. The summed E-state index contributed by atoms with van der Waals surface area (Å²) in [5.41, 5.74) is 3.62. The predicted octanol–water partition coefficient (Wildman–Crippen LogP) is 2.72. The number of hydrogen-bond donors (Lipinski definition) is 0. The van der Waals surface area contributed by atoms with Gasteiger partial charge >= 0.3 is 0 Å². The molecule has 1 saturated heterocycles. The van der Waals surface area contributed by atoms with Gasteiger partial charge < -0.3 is 4.90 Å². The van der Waals surface area contributed by atoms with Gasteiger partial charge in [-0.05, 0) is 44.7 Å². The lowest BCUT2D eigenvalue weighted by atomic mass is 9.96. The van der Waals surface area contributed by atoms with Gasteiger partial charge in [0, 0.05) is 31.4 Å². The molecule has 1 aliphatic heterocycles. The molecule has 0 radical (unpaired) electrons. The Hall–Kier alpha value is -2.76. The Bertz CT molecular complexity index is 989. The number of aromatic nitrogens is 4. The van der Waals surface area contributed by atoms with E-state index < -0.39 is 0 Å². The molecule has 0 spiro atoms. The van der Waals surface area contributed by atoms with Crippen molar-refractivity contribution in [3.8, 4) is 0 Å². The van der Waals surface area contributed by atoms with Gasteiger partial charge in [0.1, 0.15) is 0 Å². The van der Waals surface area contributed by atoms with Crippen LogP contribution in [0.4, 0.5) is 5.82 Å². The fourth-order valence-corrected chi connectivity index (χ4v) is 3.67. The zero-order valence-corrected chi connectivity index (χ0v) is 15.2. The average Bonchev–Trinajstić information content (AvgIpc) is 2.66. The lowest BCUT2D eigenvalue weighted by molar-refractivity contribution is 0.349. The molecule has 0 amide bonds. The minimum absolute atomic E-state index is 0.0682. The monoisotopic (exact) mass is 349 g/mol. The van der Waals surface area contributed by atoms with Gasteiger partial charge in [-0.3, -0.25) is 9.36 Å². The quantitative estimate of drug-likeness (QED) is 0.727. The third-order valence-corrected chi connectivity index (χ3v) is 5.16. The minimum Gasteiger partial charge on any atom is -0.355 e. The molecule has 3 heterocycles. The van der Waals surface area contributed by atoms with Crippen LogP contribution in [-0.4, -0.2) is 32.6 Å². The summed E-state index contributed by atoms with van der Waals surface area (Å²) in [6, 6.07) is 7.99. The van der Waals surface area contributed by atoms with Crippen LogP contribution in [0.5, 0.6) is 0 Å². The largest absolute Gasteiger partial charge is 0.355 e. The van der Waals surface area contributed by atoms with E-state index in [1.54, 1.807) is 17.1 Å². The summed E-state index contributed by atoms with van der Waals surface area (Å²) in [7, 11) is 0. The van der Waals surface area contributed by atoms with Crippen molar-refractivity contribution < 1.29 is 0 Å². The van der Waals surface area contributed by atoms with Gasteiger partial charge in [-0.1, -0.05) is 12.1 Å². The van der Waals surface area contributed by atoms with Crippen molar-refractivity contribution in [3.05, 3.63) is 58.4 Å². The van der Waals surface area contributed by atoms with E-state index in [4.69, 9.17) is 9.97 Å². The number of nitrogens with zero attached hydrogens (tertiary/aromatic N) is 5. The van der Waals surface area contributed by atoms with Crippen molar-refractivity contribution in [1.29, 1.82) is 0 Å². The van der Waals surface area contributed by atoms with Gasteiger partial charge in [0.25, 0.3) is 5.56 Å². The van der Waals surface area contributed by atoms with Crippen LogP contribution in [0.3, 0.4) is 0 Å². The summed E-state index contributed by atoms with van der Waals surface area (Å²) in [6.07, 6.45) is 5.35. The third kappa shape index (κ3) is 3.19. The van der Waals surface area contributed by atoms with Gasteiger partial charge in [-0.15, -0.1) is 0 Å². The highest BCUT2D eigenvalue weighted by molar-refractivity contribution is 5.76. The summed E-state index contributed by atoms with van der Waals surface area (Å²) in [6.45, 7) is 6.46. The zero-order valence-electron chi connectivity index (χ0n) is 15.2. The molecule has 0 bridgehead atoms. The highest BCUT2D eigenvalue weighted by Crippen LogP contribution is 2.26. The van der Waals surface area contributed by atoms with Crippen LogP contribution in [0.2, 0.25) is 0 Å². The second-order valence-electron chi connectivity index (χ2n) is 7.09. The highest BCUT2D eigenvalue weighted by atomic mass is 16.1. The number of hydrogen-bond acceptors (Lipinski definition) is 5. The Labute approximate surface area is 152 Å². The first-order valence-corrected chi connectivity index (χ1v) is 9.11. The highest BCUT2D eigenvalue weighted by Gasteiger charge is 2.22. The van der Waals surface area contributed by atoms with Crippen LogP contribution in [-0.2, 0) is 6.54 Å². The second kappa shape index (κ2) is 6.86. The van der Waals surface area contributed by atoms with Crippen molar-refractivity contribution in [2.24, 2.45) is 5.92 Å². The van der Waals surface area contributed by atoms with Gasteiger partial charge in [0.15, 0.2) is 5.82 Å².